The van der Waals surface area contributed by atoms with Crippen molar-refractivity contribution in [2.24, 2.45) is 0 Å². The molecule has 0 bridgehead atoms. The van der Waals surface area contributed by atoms with Gasteiger partial charge in [0.15, 0.2) is 0 Å². The summed E-state index contributed by atoms with van der Waals surface area (Å²) in [7, 11) is 1.73. The quantitative estimate of drug-likeness (QED) is 0.851. The highest BCUT2D eigenvalue weighted by Crippen LogP contribution is 2.32. The van der Waals surface area contributed by atoms with Gasteiger partial charge in [-0.25, -0.2) is 0 Å². The van der Waals surface area contributed by atoms with E-state index in [1.807, 2.05) is 11.8 Å². The van der Waals surface area contributed by atoms with Gasteiger partial charge in [0.25, 0.3) is 0 Å². The number of methoxy groups -OCH3 is 1. The number of hydrogen-bond donors (Lipinski definition) is 1. The van der Waals surface area contributed by atoms with Crippen LogP contribution in [0.15, 0.2) is 24.3 Å². The Kier molecular flexibility index (Phi) is 3.67. The molecule has 1 aliphatic heterocycles. The molecule has 1 saturated heterocycles. The highest BCUT2D eigenvalue weighted by atomic mass is 32.2. The van der Waals surface area contributed by atoms with E-state index in [0.717, 1.165) is 0 Å². The van der Waals surface area contributed by atoms with E-state index in [0.29, 0.717) is 18.0 Å². The molecule has 2 unspecified atom stereocenters. The summed E-state index contributed by atoms with van der Waals surface area (Å²) in [5, 5.41) is 4.02. The predicted octanol–water partition coefficient (Wildman–Crippen LogP) is 2.56. The second-order valence-corrected chi connectivity index (χ2v) is 5.10. The van der Waals surface area contributed by atoms with Gasteiger partial charge in [-0.3, -0.25) is 5.32 Å². The van der Waals surface area contributed by atoms with Crippen LogP contribution >= 0.6 is 11.8 Å². The maximum absolute atomic E-state index is 5.14. The monoisotopic (exact) mass is 223 g/mol. The molecule has 1 aliphatic rings. The first-order valence-electron chi connectivity index (χ1n) is 5.25. The minimum atomic E-state index is 0.455. The molecule has 0 aliphatic carbocycles. The molecule has 15 heavy (non-hydrogen) atoms. The molecule has 0 spiro atoms. The van der Waals surface area contributed by atoms with Gasteiger partial charge in [0.2, 0.25) is 0 Å². The minimum absolute atomic E-state index is 0.455. The molecule has 1 aromatic rings. The Morgan fingerprint density at radius 3 is 3.07 bits per heavy atom. The van der Waals surface area contributed by atoms with Crippen LogP contribution in [0.25, 0.3) is 0 Å². The third-order valence-electron chi connectivity index (χ3n) is 2.51. The van der Waals surface area contributed by atoms with Crippen LogP contribution in [0.1, 0.15) is 23.4 Å². The van der Waals surface area contributed by atoms with Gasteiger partial charge in [0, 0.05) is 18.9 Å². The van der Waals surface area contributed by atoms with Gasteiger partial charge >= 0.3 is 0 Å². The lowest BCUT2D eigenvalue weighted by Crippen LogP contribution is -2.21. The van der Waals surface area contributed by atoms with Crippen molar-refractivity contribution in [3.05, 3.63) is 35.4 Å². The van der Waals surface area contributed by atoms with Gasteiger partial charge in [-0.2, -0.15) is 0 Å². The summed E-state index contributed by atoms with van der Waals surface area (Å²) in [5.74, 6) is 1.19. The van der Waals surface area contributed by atoms with Gasteiger partial charge in [0.1, 0.15) is 0 Å². The van der Waals surface area contributed by atoms with Crippen molar-refractivity contribution in [2.75, 3.05) is 12.9 Å². The molecule has 2 atom stereocenters. The number of ether oxygens (including phenoxy) is 1. The molecule has 1 aromatic carbocycles. The van der Waals surface area contributed by atoms with E-state index in [1.165, 1.54) is 16.9 Å². The van der Waals surface area contributed by atoms with Crippen LogP contribution in [-0.4, -0.2) is 18.9 Å². The van der Waals surface area contributed by atoms with Crippen LogP contribution in [0, 0.1) is 0 Å². The summed E-state index contributed by atoms with van der Waals surface area (Å²) in [6.45, 7) is 2.92. The largest absolute Gasteiger partial charge is 0.380 e. The first kappa shape index (κ1) is 11.0. The van der Waals surface area contributed by atoms with Crippen molar-refractivity contribution >= 4 is 11.8 Å². The van der Waals surface area contributed by atoms with Crippen molar-refractivity contribution in [1.82, 2.24) is 5.32 Å². The molecule has 0 saturated carbocycles. The fraction of sp³-hybridized carbons (Fsp3) is 0.500. The van der Waals surface area contributed by atoms with Gasteiger partial charge < -0.3 is 4.74 Å². The SMILES string of the molecule is COCc1cccc(C2NC(C)CS2)c1. The summed E-state index contributed by atoms with van der Waals surface area (Å²) in [5.41, 5.74) is 2.61. The molecule has 2 rings (SSSR count). The van der Waals surface area contributed by atoms with Crippen LogP contribution in [-0.2, 0) is 11.3 Å². The topological polar surface area (TPSA) is 21.3 Å². The van der Waals surface area contributed by atoms with Crippen molar-refractivity contribution < 1.29 is 4.74 Å². The molecule has 0 amide bonds. The number of hydrogen-bond acceptors (Lipinski definition) is 3. The van der Waals surface area contributed by atoms with E-state index in [1.54, 1.807) is 7.11 Å². The molecule has 1 fully saturated rings. The summed E-state index contributed by atoms with van der Waals surface area (Å²) < 4.78 is 5.14. The fourth-order valence-corrected chi connectivity index (χ4v) is 3.05. The zero-order chi connectivity index (χ0) is 10.7. The first-order valence-corrected chi connectivity index (χ1v) is 6.30. The van der Waals surface area contributed by atoms with Crippen molar-refractivity contribution in [2.45, 2.75) is 24.9 Å². The Bertz CT molecular complexity index is 329. The van der Waals surface area contributed by atoms with Crippen LogP contribution in [0.2, 0.25) is 0 Å². The van der Waals surface area contributed by atoms with Crippen LogP contribution < -0.4 is 5.32 Å². The van der Waals surface area contributed by atoms with Crippen LogP contribution in [0.3, 0.4) is 0 Å². The standard InChI is InChI=1S/C12H17NOS/c1-9-8-15-12(13-9)11-5-3-4-10(6-11)7-14-2/h3-6,9,12-13H,7-8H2,1-2H3. The van der Waals surface area contributed by atoms with Crippen molar-refractivity contribution in [3.63, 3.8) is 0 Å². The Morgan fingerprint density at radius 1 is 1.53 bits per heavy atom. The second-order valence-electron chi connectivity index (χ2n) is 3.96. The lowest BCUT2D eigenvalue weighted by Gasteiger charge is -2.12. The maximum Gasteiger partial charge on any atom is 0.0792 e. The fourth-order valence-electron chi connectivity index (χ4n) is 1.80. The Balaban J connectivity index is 2.10. The van der Waals surface area contributed by atoms with Crippen molar-refractivity contribution in [1.29, 1.82) is 0 Å². The number of nitrogens with one attached hydrogen (secondary N) is 1. The molecular formula is C12H17NOS. The number of rotatable bonds is 3. The Labute approximate surface area is 95.4 Å². The molecule has 1 N–H and O–H groups in total. The molecular weight excluding hydrogens is 206 g/mol. The van der Waals surface area contributed by atoms with Gasteiger partial charge in [-0.1, -0.05) is 24.3 Å². The summed E-state index contributed by atoms with van der Waals surface area (Å²) >= 11 is 1.98. The maximum atomic E-state index is 5.14. The third-order valence-corrected chi connectivity index (χ3v) is 3.95. The zero-order valence-corrected chi connectivity index (χ0v) is 10.0. The average molecular weight is 223 g/mol. The molecule has 2 nitrogen and oxygen atoms in total. The third kappa shape index (κ3) is 2.74. The lowest BCUT2D eigenvalue weighted by atomic mass is 10.1. The summed E-state index contributed by atoms with van der Waals surface area (Å²) in [6.07, 6.45) is 0. The van der Waals surface area contributed by atoms with Gasteiger partial charge in [-0.15, -0.1) is 11.8 Å². The summed E-state index contributed by atoms with van der Waals surface area (Å²) in [4.78, 5) is 0. The van der Waals surface area contributed by atoms with Crippen LogP contribution in [0.5, 0.6) is 0 Å². The molecule has 82 valence electrons. The van der Waals surface area contributed by atoms with E-state index in [4.69, 9.17) is 4.74 Å². The van der Waals surface area contributed by atoms with Crippen LogP contribution in [0.4, 0.5) is 0 Å². The number of thioether (sulfide) groups is 1. The van der Waals surface area contributed by atoms with E-state index < -0.39 is 0 Å². The molecule has 0 radical (unpaired) electrons. The van der Waals surface area contributed by atoms with E-state index in [-0.39, 0.29) is 0 Å². The average Bonchev–Trinajstić information content (AvgIpc) is 2.66. The first-order chi connectivity index (χ1) is 7.29. The Hall–Kier alpha value is -0.510. The number of benzene rings is 1. The highest BCUT2D eigenvalue weighted by molar-refractivity contribution is 7.99. The van der Waals surface area contributed by atoms with Gasteiger partial charge in [0.05, 0.1) is 12.0 Å². The van der Waals surface area contributed by atoms with E-state index in [9.17, 15) is 0 Å². The zero-order valence-electron chi connectivity index (χ0n) is 9.19. The minimum Gasteiger partial charge on any atom is -0.380 e. The van der Waals surface area contributed by atoms with E-state index in [2.05, 4.69) is 36.5 Å². The predicted molar refractivity (Wildman–Crippen MR) is 65.0 cm³/mol. The highest BCUT2D eigenvalue weighted by Gasteiger charge is 2.22. The molecule has 3 heteroatoms. The summed E-state index contributed by atoms with van der Waals surface area (Å²) in [6, 6.07) is 9.24. The Morgan fingerprint density at radius 2 is 2.40 bits per heavy atom. The van der Waals surface area contributed by atoms with Crippen molar-refractivity contribution in [3.8, 4) is 0 Å². The van der Waals surface area contributed by atoms with E-state index >= 15 is 0 Å². The molecule has 0 aromatic heterocycles. The van der Waals surface area contributed by atoms with Gasteiger partial charge in [-0.05, 0) is 18.1 Å². The second kappa shape index (κ2) is 5.01. The lowest BCUT2D eigenvalue weighted by molar-refractivity contribution is 0.185. The molecule has 1 heterocycles. The smallest absolute Gasteiger partial charge is 0.0792 e. The normalized spacial score (nSPS) is 25.7.